The van der Waals surface area contributed by atoms with Crippen molar-refractivity contribution < 1.29 is 14.4 Å². The molecule has 0 aliphatic carbocycles. The van der Waals surface area contributed by atoms with Crippen molar-refractivity contribution in [2.75, 3.05) is 11.9 Å². The maximum atomic E-state index is 11.1. The molecule has 126 valence electrons. The summed E-state index contributed by atoms with van der Waals surface area (Å²) in [7, 11) is 2.04. The molecule has 2 bridgehead atoms. The van der Waals surface area contributed by atoms with Crippen LogP contribution in [0.4, 0.5) is 5.13 Å². The summed E-state index contributed by atoms with van der Waals surface area (Å²) in [5.41, 5.74) is 1.76. The standard InChI is InChI=1S/C20H18N2O2S/c1-20-12-15(14-10-6-7-11-16(14)24-20)22-18(23)17(25-19(22)21(20)2)13-8-4-3-5-9-13/h3-11,15H,12H2,1-2H3/p+1. The summed E-state index contributed by atoms with van der Waals surface area (Å²) in [6, 6.07) is 18.3. The molecule has 5 rings (SSSR count). The van der Waals surface area contributed by atoms with E-state index >= 15 is 0 Å². The van der Waals surface area contributed by atoms with E-state index in [0.29, 0.717) is 5.88 Å². The van der Waals surface area contributed by atoms with Crippen molar-refractivity contribution in [3.8, 4) is 22.1 Å². The second-order valence-electron chi connectivity index (χ2n) is 6.87. The van der Waals surface area contributed by atoms with Gasteiger partial charge in [0.25, 0.3) is 0 Å². The van der Waals surface area contributed by atoms with Gasteiger partial charge in [-0.25, -0.2) is 4.90 Å². The van der Waals surface area contributed by atoms with E-state index in [1.54, 1.807) is 11.3 Å². The van der Waals surface area contributed by atoms with Crippen LogP contribution in [-0.4, -0.2) is 17.9 Å². The highest BCUT2D eigenvalue weighted by Gasteiger charge is 2.55. The molecule has 2 aliphatic heterocycles. The van der Waals surface area contributed by atoms with Gasteiger partial charge in [0.2, 0.25) is 5.72 Å². The van der Waals surface area contributed by atoms with Gasteiger partial charge in [0.15, 0.2) is 0 Å². The molecule has 0 saturated carbocycles. The topological polar surface area (TPSA) is 36.6 Å². The highest BCUT2D eigenvalue weighted by atomic mass is 32.1. The van der Waals surface area contributed by atoms with E-state index in [9.17, 15) is 5.11 Å². The van der Waals surface area contributed by atoms with Crippen molar-refractivity contribution in [1.29, 1.82) is 0 Å². The van der Waals surface area contributed by atoms with Crippen molar-refractivity contribution in [2.24, 2.45) is 0 Å². The summed E-state index contributed by atoms with van der Waals surface area (Å²) in [5.74, 6) is 1.24. The number of hydrogen-bond donors (Lipinski definition) is 1. The van der Waals surface area contributed by atoms with Crippen LogP contribution in [0.15, 0.2) is 54.6 Å². The predicted octanol–water partition coefficient (Wildman–Crippen LogP) is 3.95. The van der Waals surface area contributed by atoms with Crippen molar-refractivity contribution in [2.45, 2.75) is 25.1 Å². The Morgan fingerprint density at radius 2 is 1.88 bits per heavy atom. The number of rotatable bonds is 1. The lowest BCUT2D eigenvalue weighted by molar-refractivity contribution is -0.712. The molecule has 4 nitrogen and oxygen atoms in total. The van der Waals surface area contributed by atoms with E-state index in [4.69, 9.17) is 4.74 Å². The van der Waals surface area contributed by atoms with Crippen LogP contribution in [0.25, 0.3) is 10.4 Å². The first-order valence-corrected chi connectivity index (χ1v) is 9.24. The molecule has 2 aliphatic rings. The van der Waals surface area contributed by atoms with Crippen LogP contribution < -0.4 is 14.2 Å². The lowest BCUT2D eigenvalue weighted by atomic mass is 9.91. The Morgan fingerprint density at radius 1 is 1.16 bits per heavy atom. The van der Waals surface area contributed by atoms with Crippen molar-refractivity contribution in [3.05, 3.63) is 60.2 Å². The van der Waals surface area contributed by atoms with Gasteiger partial charge in [0.05, 0.1) is 13.5 Å². The van der Waals surface area contributed by atoms with Crippen LogP contribution in [0, 0.1) is 0 Å². The van der Waals surface area contributed by atoms with E-state index in [2.05, 4.69) is 22.5 Å². The Morgan fingerprint density at radius 3 is 2.68 bits per heavy atom. The minimum Gasteiger partial charge on any atom is -0.477 e. The number of hydrogen-bond acceptors (Lipinski definition) is 4. The maximum Gasteiger partial charge on any atom is 0.343 e. The number of aromatic hydroxyl groups is 1. The van der Waals surface area contributed by atoms with E-state index < -0.39 is 5.72 Å². The third kappa shape index (κ3) is 1.96. The largest absolute Gasteiger partial charge is 0.477 e. The van der Waals surface area contributed by atoms with E-state index in [1.807, 2.05) is 55.6 Å². The molecule has 0 amide bonds. The summed E-state index contributed by atoms with van der Waals surface area (Å²) >= 11 is 1.61. The van der Waals surface area contributed by atoms with Crippen LogP contribution >= 0.6 is 11.3 Å². The molecule has 0 fully saturated rings. The number of thiazole rings is 1. The fourth-order valence-electron chi connectivity index (χ4n) is 3.91. The van der Waals surface area contributed by atoms with E-state index in [0.717, 1.165) is 33.3 Å². The second kappa shape index (κ2) is 4.99. The molecule has 0 saturated heterocycles. The summed E-state index contributed by atoms with van der Waals surface area (Å²) < 4.78 is 8.42. The molecule has 1 aromatic heterocycles. The molecule has 5 heteroatoms. The van der Waals surface area contributed by atoms with E-state index in [1.165, 1.54) is 0 Å². The summed E-state index contributed by atoms with van der Waals surface area (Å²) in [5, 5.41) is 12.1. The Bertz CT molecular complexity index is 969. The van der Waals surface area contributed by atoms with Crippen molar-refractivity contribution >= 4 is 16.5 Å². The van der Waals surface area contributed by atoms with Gasteiger partial charge < -0.3 is 9.84 Å². The predicted molar refractivity (Wildman–Crippen MR) is 98.2 cm³/mol. The zero-order chi connectivity index (χ0) is 17.2. The molecule has 25 heavy (non-hydrogen) atoms. The number of anilines is 1. The number of aromatic nitrogens is 1. The van der Waals surface area contributed by atoms with Gasteiger partial charge in [0.1, 0.15) is 16.7 Å². The molecular weight excluding hydrogens is 332 g/mol. The zero-order valence-corrected chi connectivity index (χ0v) is 15.0. The van der Waals surface area contributed by atoms with Crippen LogP contribution in [0.5, 0.6) is 11.6 Å². The molecule has 2 unspecified atom stereocenters. The van der Waals surface area contributed by atoms with Gasteiger partial charge in [-0.05, 0) is 23.0 Å². The van der Waals surface area contributed by atoms with Crippen molar-refractivity contribution in [3.63, 3.8) is 0 Å². The third-order valence-corrected chi connectivity index (χ3v) is 6.63. The number of ether oxygens (including phenoxy) is 1. The number of nitrogens with zero attached hydrogens (tertiary/aromatic N) is 2. The van der Waals surface area contributed by atoms with Gasteiger partial charge in [-0.15, -0.1) is 0 Å². The average molecular weight is 351 g/mol. The highest BCUT2D eigenvalue weighted by molar-refractivity contribution is 7.18. The van der Waals surface area contributed by atoms with E-state index in [-0.39, 0.29) is 6.04 Å². The first-order valence-electron chi connectivity index (χ1n) is 8.43. The number of benzene rings is 2. The van der Waals surface area contributed by atoms with Crippen LogP contribution in [0.2, 0.25) is 0 Å². The minimum absolute atomic E-state index is 0.0786. The van der Waals surface area contributed by atoms with Crippen LogP contribution in [0.3, 0.4) is 0 Å². The smallest absolute Gasteiger partial charge is 0.343 e. The lowest BCUT2D eigenvalue weighted by Gasteiger charge is -2.43. The Hall–Kier alpha value is -2.53. The summed E-state index contributed by atoms with van der Waals surface area (Å²) in [6.45, 7) is 2.12. The Kier molecular flexibility index (Phi) is 2.95. The fourth-order valence-corrected chi connectivity index (χ4v) is 5.18. The average Bonchev–Trinajstić information content (AvgIpc) is 2.98. The molecule has 2 aromatic carbocycles. The Labute approximate surface area is 150 Å². The molecule has 1 N–H and O–H groups in total. The number of para-hydroxylation sites is 1. The van der Waals surface area contributed by atoms with Crippen molar-refractivity contribution in [1.82, 2.24) is 0 Å². The fraction of sp³-hybridized carbons (Fsp3) is 0.250. The SMILES string of the molecule is CN1c2sc(-c3ccccc3)c(O)[n+]2C2CC1(C)Oc1ccccc12. The summed E-state index contributed by atoms with van der Waals surface area (Å²) in [6.07, 6.45) is 0.802. The molecule has 2 atom stereocenters. The van der Waals surface area contributed by atoms with Gasteiger partial charge >= 0.3 is 11.0 Å². The number of fused-ring (bicyclic) bond motifs is 6. The first kappa shape index (κ1) is 14.8. The summed E-state index contributed by atoms with van der Waals surface area (Å²) in [4.78, 5) is 3.05. The lowest BCUT2D eigenvalue weighted by Crippen LogP contribution is -2.63. The van der Waals surface area contributed by atoms with Crippen LogP contribution in [0.1, 0.15) is 24.9 Å². The Balaban J connectivity index is 1.77. The van der Waals surface area contributed by atoms with Gasteiger partial charge in [-0.1, -0.05) is 48.5 Å². The minimum atomic E-state index is -0.412. The normalized spacial score (nSPS) is 23.6. The van der Waals surface area contributed by atoms with Gasteiger partial charge in [0, 0.05) is 12.5 Å². The molecule has 0 spiro atoms. The maximum absolute atomic E-state index is 11.1. The first-order chi connectivity index (χ1) is 12.1. The zero-order valence-electron chi connectivity index (χ0n) is 14.1. The molecule has 3 aromatic rings. The second-order valence-corrected chi connectivity index (χ2v) is 7.84. The highest BCUT2D eigenvalue weighted by Crippen LogP contribution is 2.50. The molecule has 3 heterocycles. The quantitative estimate of drug-likeness (QED) is 0.675. The van der Waals surface area contributed by atoms with Gasteiger partial charge in [-0.3, -0.25) is 0 Å². The van der Waals surface area contributed by atoms with Gasteiger partial charge in [-0.2, -0.15) is 4.57 Å². The van der Waals surface area contributed by atoms with Crippen LogP contribution in [-0.2, 0) is 0 Å². The molecular formula is C20H19N2O2S+. The molecule has 0 radical (unpaired) electrons. The monoisotopic (exact) mass is 351 g/mol. The third-order valence-electron chi connectivity index (χ3n) is 5.35.